The van der Waals surface area contributed by atoms with E-state index in [-0.39, 0.29) is 5.97 Å². The van der Waals surface area contributed by atoms with Gasteiger partial charge < -0.3 is 4.74 Å². The van der Waals surface area contributed by atoms with Crippen LogP contribution in [0.5, 0.6) is 0 Å². The number of hydrogen-bond acceptors (Lipinski definition) is 2. The monoisotopic (exact) mass is 278 g/mol. The van der Waals surface area contributed by atoms with E-state index in [4.69, 9.17) is 4.74 Å². The number of rotatable bonds is 10. The molecular weight excluding hydrogens is 248 g/mol. The van der Waals surface area contributed by atoms with Crippen LogP contribution in [0.4, 0.5) is 0 Å². The maximum atomic E-state index is 11.2. The van der Waals surface area contributed by atoms with Gasteiger partial charge in [-0.25, -0.2) is 0 Å². The van der Waals surface area contributed by atoms with Crippen molar-refractivity contribution in [3.63, 3.8) is 0 Å². The largest absolute Gasteiger partial charge is 0.466 e. The highest BCUT2D eigenvalue weighted by molar-refractivity contribution is 5.69. The molecule has 3 atom stereocenters. The van der Waals surface area contributed by atoms with Crippen LogP contribution in [-0.2, 0) is 9.53 Å². The van der Waals surface area contributed by atoms with Crippen LogP contribution in [0, 0.1) is 17.8 Å². The van der Waals surface area contributed by atoms with Gasteiger partial charge in [0, 0.05) is 6.42 Å². The Labute approximate surface area is 124 Å². The van der Waals surface area contributed by atoms with Gasteiger partial charge in [-0.15, -0.1) is 0 Å². The fourth-order valence-electron chi connectivity index (χ4n) is 3.84. The summed E-state index contributed by atoms with van der Waals surface area (Å²) in [6.45, 7) is 2.38. The van der Waals surface area contributed by atoms with Gasteiger partial charge in [0.15, 0.2) is 0 Å². The standard InChI is InChI=1S/C18H30O2/c1-2-20-18(19)10-8-6-4-3-5-7-9-16-13-15-11-12-17(16)14-15/h11-12,15-17H,2-10,13-14H2,1H3. The van der Waals surface area contributed by atoms with Gasteiger partial charge in [0.05, 0.1) is 6.61 Å². The van der Waals surface area contributed by atoms with Gasteiger partial charge in [0.25, 0.3) is 0 Å². The molecule has 2 aliphatic carbocycles. The highest BCUT2D eigenvalue weighted by Crippen LogP contribution is 2.45. The van der Waals surface area contributed by atoms with Crippen molar-refractivity contribution in [2.45, 2.75) is 71.1 Å². The number of ether oxygens (including phenoxy) is 1. The van der Waals surface area contributed by atoms with Crippen LogP contribution in [0.3, 0.4) is 0 Å². The lowest BCUT2D eigenvalue weighted by atomic mass is 9.88. The molecule has 0 aliphatic heterocycles. The second-order valence-electron chi connectivity index (χ2n) is 6.51. The molecule has 2 bridgehead atoms. The molecule has 2 heteroatoms. The van der Waals surface area contributed by atoms with Crippen molar-refractivity contribution in [1.82, 2.24) is 0 Å². The second kappa shape index (κ2) is 8.49. The minimum atomic E-state index is -0.0307. The summed E-state index contributed by atoms with van der Waals surface area (Å²) < 4.78 is 4.92. The van der Waals surface area contributed by atoms with E-state index in [9.17, 15) is 4.79 Å². The molecular formula is C18H30O2. The van der Waals surface area contributed by atoms with E-state index in [1.807, 2.05) is 6.92 Å². The third kappa shape index (κ3) is 4.96. The third-order valence-electron chi connectivity index (χ3n) is 4.93. The Morgan fingerprint density at radius 3 is 2.45 bits per heavy atom. The molecule has 0 heterocycles. The van der Waals surface area contributed by atoms with E-state index in [1.54, 1.807) is 0 Å². The molecule has 0 saturated heterocycles. The van der Waals surface area contributed by atoms with E-state index in [2.05, 4.69) is 12.2 Å². The van der Waals surface area contributed by atoms with Gasteiger partial charge in [0.2, 0.25) is 0 Å². The van der Waals surface area contributed by atoms with E-state index in [0.717, 1.165) is 24.2 Å². The van der Waals surface area contributed by atoms with E-state index in [1.165, 1.54) is 51.4 Å². The van der Waals surface area contributed by atoms with Crippen molar-refractivity contribution >= 4 is 5.97 Å². The summed E-state index contributed by atoms with van der Waals surface area (Å²) in [5.41, 5.74) is 0. The highest BCUT2D eigenvalue weighted by atomic mass is 16.5. The Kier molecular flexibility index (Phi) is 6.62. The first kappa shape index (κ1) is 15.6. The van der Waals surface area contributed by atoms with E-state index in [0.29, 0.717) is 13.0 Å². The molecule has 1 saturated carbocycles. The maximum absolute atomic E-state index is 11.2. The Bertz CT molecular complexity index is 321. The topological polar surface area (TPSA) is 26.3 Å². The molecule has 2 rings (SSSR count). The summed E-state index contributed by atoms with van der Waals surface area (Å²) in [5, 5.41) is 0. The fourth-order valence-corrected chi connectivity index (χ4v) is 3.84. The number of hydrogen-bond donors (Lipinski definition) is 0. The Balaban J connectivity index is 1.37. The normalized spacial score (nSPS) is 27.1. The summed E-state index contributed by atoms with van der Waals surface area (Å²) in [6, 6.07) is 0. The molecule has 2 aliphatic rings. The zero-order valence-electron chi connectivity index (χ0n) is 13.0. The minimum absolute atomic E-state index is 0.0307. The van der Waals surface area contributed by atoms with Gasteiger partial charge in [-0.3, -0.25) is 4.79 Å². The zero-order valence-corrected chi connectivity index (χ0v) is 13.0. The molecule has 114 valence electrons. The summed E-state index contributed by atoms with van der Waals surface area (Å²) in [4.78, 5) is 11.2. The van der Waals surface area contributed by atoms with Crippen LogP contribution in [0.2, 0.25) is 0 Å². The number of fused-ring (bicyclic) bond motifs is 2. The molecule has 0 radical (unpaired) electrons. The van der Waals surface area contributed by atoms with Crippen LogP contribution in [0.1, 0.15) is 71.1 Å². The quantitative estimate of drug-likeness (QED) is 0.323. The lowest BCUT2D eigenvalue weighted by Crippen LogP contribution is -2.06. The lowest BCUT2D eigenvalue weighted by Gasteiger charge is -2.17. The SMILES string of the molecule is CCOC(=O)CCCCCCCCC1CC2C=CC1C2. The molecule has 0 N–H and O–H groups in total. The van der Waals surface area contributed by atoms with Gasteiger partial charge in [-0.05, 0) is 50.4 Å². The molecule has 0 spiro atoms. The van der Waals surface area contributed by atoms with Crippen molar-refractivity contribution in [1.29, 1.82) is 0 Å². The maximum Gasteiger partial charge on any atom is 0.305 e. The van der Waals surface area contributed by atoms with Gasteiger partial charge in [-0.2, -0.15) is 0 Å². The van der Waals surface area contributed by atoms with E-state index >= 15 is 0 Å². The van der Waals surface area contributed by atoms with Crippen LogP contribution < -0.4 is 0 Å². The molecule has 0 aromatic heterocycles. The van der Waals surface area contributed by atoms with Gasteiger partial charge in [-0.1, -0.05) is 44.3 Å². The summed E-state index contributed by atoms with van der Waals surface area (Å²) >= 11 is 0. The number of allylic oxidation sites excluding steroid dienone is 2. The average molecular weight is 278 g/mol. The van der Waals surface area contributed by atoms with Crippen molar-refractivity contribution in [2.75, 3.05) is 6.61 Å². The first-order valence-electron chi connectivity index (χ1n) is 8.63. The molecule has 3 unspecified atom stereocenters. The Hall–Kier alpha value is -0.790. The molecule has 0 aromatic carbocycles. The van der Waals surface area contributed by atoms with Crippen LogP contribution in [-0.4, -0.2) is 12.6 Å². The molecule has 0 amide bonds. The molecule has 0 aromatic rings. The molecule has 1 fully saturated rings. The molecule has 20 heavy (non-hydrogen) atoms. The number of carbonyl (C=O) groups excluding carboxylic acids is 1. The fraction of sp³-hybridized carbons (Fsp3) is 0.833. The summed E-state index contributed by atoms with van der Waals surface area (Å²) in [5.74, 6) is 2.81. The first-order valence-corrected chi connectivity index (χ1v) is 8.63. The summed E-state index contributed by atoms with van der Waals surface area (Å²) in [6.07, 6.45) is 17.4. The number of esters is 1. The van der Waals surface area contributed by atoms with Crippen molar-refractivity contribution in [3.05, 3.63) is 12.2 Å². The Morgan fingerprint density at radius 1 is 1.05 bits per heavy atom. The third-order valence-corrected chi connectivity index (χ3v) is 4.93. The minimum Gasteiger partial charge on any atom is -0.466 e. The van der Waals surface area contributed by atoms with Crippen LogP contribution >= 0.6 is 0 Å². The lowest BCUT2D eigenvalue weighted by molar-refractivity contribution is -0.143. The summed E-state index contributed by atoms with van der Waals surface area (Å²) in [7, 11) is 0. The van der Waals surface area contributed by atoms with E-state index < -0.39 is 0 Å². The smallest absolute Gasteiger partial charge is 0.305 e. The Morgan fingerprint density at radius 2 is 1.80 bits per heavy atom. The zero-order chi connectivity index (χ0) is 14.2. The molecule has 2 nitrogen and oxygen atoms in total. The predicted molar refractivity (Wildman–Crippen MR) is 82.4 cm³/mol. The van der Waals surface area contributed by atoms with Gasteiger partial charge in [0.1, 0.15) is 0 Å². The van der Waals surface area contributed by atoms with Crippen molar-refractivity contribution in [3.8, 4) is 0 Å². The van der Waals surface area contributed by atoms with Crippen molar-refractivity contribution < 1.29 is 9.53 Å². The van der Waals surface area contributed by atoms with Crippen LogP contribution in [0.25, 0.3) is 0 Å². The highest BCUT2D eigenvalue weighted by Gasteiger charge is 2.34. The van der Waals surface area contributed by atoms with Crippen molar-refractivity contribution in [2.24, 2.45) is 17.8 Å². The number of carbonyl (C=O) groups is 1. The average Bonchev–Trinajstić information content (AvgIpc) is 3.04. The predicted octanol–water partition coefficient (Wildman–Crippen LogP) is 4.88. The number of unbranched alkanes of at least 4 members (excludes halogenated alkanes) is 5. The second-order valence-corrected chi connectivity index (χ2v) is 6.51. The van der Waals surface area contributed by atoms with Gasteiger partial charge >= 0.3 is 5.97 Å². The van der Waals surface area contributed by atoms with Crippen LogP contribution in [0.15, 0.2) is 12.2 Å². The first-order chi connectivity index (χ1) is 9.79.